The molecule has 1 atom stereocenters. The van der Waals surface area contributed by atoms with Gasteiger partial charge in [-0.2, -0.15) is 0 Å². The summed E-state index contributed by atoms with van der Waals surface area (Å²) < 4.78 is 1.08. The van der Waals surface area contributed by atoms with E-state index in [1.807, 2.05) is 12.1 Å². The fourth-order valence-electron chi connectivity index (χ4n) is 2.00. The summed E-state index contributed by atoms with van der Waals surface area (Å²) in [4.78, 5) is 24.3. The Balaban J connectivity index is 2.03. The predicted molar refractivity (Wildman–Crippen MR) is 75.5 cm³/mol. The molecular formula is C12H13IN2O3. The van der Waals surface area contributed by atoms with Gasteiger partial charge in [0.05, 0.1) is 0 Å². The number of nitrogens with zero attached hydrogens (tertiary/aromatic N) is 1. The Morgan fingerprint density at radius 1 is 1.33 bits per heavy atom. The van der Waals surface area contributed by atoms with Gasteiger partial charge in [-0.1, -0.05) is 0 Å². The lowest BCUT2D eigenvalue weighted by Gasteiger charge is -2.21. The number of urea groups is 1. The first-order valence-electron chi connectivity index (χ1n) is 5.64. The molecule has 0 aromatic heterocycles. The van der Waals surface area contributed by atoms with Gasteiger partial charge in [-0.25, -0.2) is 9.59 Å². The van der Waals surface area contributed by atoms with E-state index in [0.29, 0.717) is 18.7 Å². The molecule has 1 aromatic rings. The van der Waals surface area contributed by atoms with Crippen LogP contribution in [0.5, 0.6) is 0 Å². The van der Waals surface area contributed by atoms with Crippen LogP contribution in [0.3, 0.4) is 0 Å². The van der Waals surface area contributed by atoms with Crippen molar-refractivity contribution in [2.45, 2.75) is 18.9 Å². The van der Waals surface area contributed by atoms with Crippen LogP contribution >= 0.6 is 22.6 Å². The molecule has 1 fully saturated rings. The lowest BCUT2D eigenvalue weighted by Crippen LogP contribution is -2.42. The fourth-order valence-corrected chi connectivity index (χ4v) is 2.35. The van der Waals surface area contributed by atoms with Gasteiger partial charge in [0.15, 0.2) is 0 Å². The van der Waals surface area contributed by atoms with Crippen LogP contribution in [0.15, 0.2) is 24.3 Å². The molecule has 18 heavy (non-hydrogen) atoms. The molecule has 2 rings (SSSR count). The van der Waals surface area contributed by atoms with Crippen LogP contribution in [0.1, 0.15) is 12.8 Å². The Labute approximate surface area is 118 Å². The standard InChI is InChI=1S/C12H13IN2O3/c13-8-3-5-9(6-4-8)14-12(18)15-7-1-2-10(15)11(16)17/h3-6,10H,1-2,7H2,(H,14,18)(H,16,17). The molecule has 1 saturated heterocycles. The molecule has 0 radical (unpaired) electrons. The molecule has 2 amide bonds. The second-order valence-electron chi connectivity index (χ2n) is 4.13. The number of amides is 2. The van der Waals surface area contributed by atoms with Crippen LogP contribution in [0.4, 0.5) is 10.5 Å². The molecule has 0 saturated carbocycles. The Morgan fingerprint density at radius 2 is 2.00 bits per heavy atom. The number of carboxylic acid groups (broad SMARTS) is 1. The first-order valence-corrected chi connectivity index (χ1v) is 6.72. The van der Waals surface area contributed by atoms with Crippen LogP contribution in [-0.4, -0.2) is 34.6 Å². The van der Waals surface area contributed by atoms with Crippen LogP contribution in [0.2, 0.25) is 0 Å². The number of halogens is 1. The van der Waals surface area contributed by atoms with Gasteiger partial charge >= 0.3 is 12.0 Å². The van der Waals surface area contributed by atoms with E-state index in [0.717, 1.165) is 9.99 Å². The van der Waals surface area contributed by atoms with Crippen LogP contribution in [0.25, 0.3) is 0 Å². The fraction of sp³-hybridized carbons (Fsp3) is 0.333. The molecular weight excluding hydrogens is 347 g/mol. The summed E-state index contributed by atoms with van der Waals surface area (Å²) in [5, 5.41) is 11.7. The molecule has 1 aliphatic rings. The number of likely N-dealkylation sites (tertiary alicyclic amines) is 1. The Bertz CT molecular complexity index is 461. The quantitative estimate of drug-likeness (QED) is 0.796. The third kappa shape index (κ3) is 2.92. The minimum absolute atomic E-state index is 0.346. The highest BCUT2D eigenvalue weighted by Crippen LogP contribution is 2.19. The summed E-state index contributed by atoms with van der Waals surface area (Å²) in [6, 6.07) is 6.32. The first-order chi connectivity index (χ1) is 8.58. The van der Waals surface area contributed by atoms with E-state index in [-0.39, 0.29) is 6.03 Å². The zero-order valence-corrected chi connectivity index (χ0v) is 11.8. The smallest absolute Gasteiger partial charge is 0.326 e. The van der Waals surface area contributed by atoms with Crippen LogP contribution < -0.4 is 5.32 Å². The highest BCUT2D eigenvalue weighted by molar-refractivity contribution is 14.1. The van der Waals surface area contributed by atoms with E-state index < -0.39 is 12.0 Å². The van der Waals surface area contributed by atoms with Crippen molar-refractivity contribution < 1.29 is 14.7 Å². The number of carbonyl (C=O) groups is 2. The monoisotopic (exact) mass is 360 g/mol. The molecule has 96 valence electrons. The maximum atomic E-state index is 12.0. The van der Waals surface area contributed by atoms with Gasteiger partial charge in [-0.3, -0.25) is 0 Å². The second-order valence-corrected chi connectivity index (χ2v) is 5.37. The maximum absolute atomic E-state index is 12.0. The van der Waals surface area contributed by atoms with Crippen molar-refractivity contribution in [2.75, 3.05) is 11.9 Å². The van der Waals surface area contributed by atoms with Gasteiger partial charge < -0.3 is 15.3 Å². The van der Waals surface area contributed by atoms with E-state index in [9.17, 15) is 9.59 Å². The number of nitrogens with one attached hydrogen (secondary N) is 1. The molecule has 0 bridgehead atoms. The molecule has 2 N–H and O–H groups in total. The van der Waals surface area contributed by atoms with Gasteiger partial charge in [0, 0.05) is 15.8 Å². The van der Waals surface area contributed by atoms with Gasteiger partial charge in [-0.05, 0) is 59.7 Å². The lowest BCUT2D eigenvalue weighted by molar-refractivity contribution is -0.141. The highest BCUT2D eigenvalue weighted by atomic mass is 127. The van der Waals surface area contributed by atoms with E-state index >= 15 is 0 Å². The number of benzene rings is 1. The van der Waals surface area contributed by atoms with Crippen molar-refractivity contribution in [1.29, 1.82) is 0 Å². The van der Waals surface area contributed by atoms with Crippen molar-refractivity contribution >= 4 is 40.3 Å². The van der Waals surface area contributed by atoms with E-state index in [1.54, 1.807) is 12.1 Å². The van der Waals surface area contributed by atoms with Crippen molar-refractivity contribution in [3.8, 4) is 0 Å². The summed E-state index contributed by atoms with van der Waals surface area (Å²) in [7, 11) is 0. The molecule has 1 aliphatic heterocycles. The predicted octanol–water partition coefficient (Wildman–Crippen LogP) is 2.37. The lowest BCUT2D eigenvalue weighted by atomic mass is 10.2. The molecule has 0 spiro atoms. The van der Waals surface area contributed by atoms with Gasteiger partial charge in [0.25, 0.3) is 0 Å². The molecule has 5 nitrogen and oxygen atoms in total. The minimum atomic E-state index is -0.940. The number of hydrogen-bond donors (Lipinski definition) is 2. The van der Waals surface area contributed by atoms with E-state index in [1.165, 1.54) is 4.90 Å². The molecule has 6 heteroatoms. The van der Waals surface area contributed by atoms with Crippen LogP contribution in [0, 0.1) is 3.57 Å². The largest absolute Gasteiger partial charge is 0.480 e. The normalized spacial score (nSPS) is 18.7. The molecule has 1 heterocycles. The zero-order valence-electron chi connectivity index (χ0n) is 9.60. The van der Waals surface area contributed by atoms with Crippen molar-refractivity contribution in [1.82, 2.24) is 4.90 Å². The average molecular weight is 360 g/mol. The zero-order chi connectivity index (χ0) is 13.1. The average Bonchev–Trinajstić information content (AvgIpc) is 2.81. The van der Waals surface area contributed by atoms with Crippen molar-refractivity contribution in [2.24, 2.45) is 0 Å². The summed E-state index contributed by atoms with van der Waals surface area (Å²) in [5.74, 6) is -0.940. The molecule has 1 aromatic carbocycles. The van der Waals surface area contributed by atoms with E-state index in [2.05, 4.69) is 27.9 Å². The third-order valence-electron chi connectivity index (χ3n) is 2.89. The van der Waals surface area contributed by atoms with Gasteiger partial charge in [-0.15, -0.1) is 0 Å². The summed E-state index contributed by atoms with van der Waals surface area (Å²) in [6.45, 7) is 0.493. The Morgan fingerprint density at radius 3 is 2.61 bits per heavy atom. The maximum Gasteiger partial charge on any atom is 0.326 e. The number of rotatable bonds is 2. The van der Waals surface area contributed by atoms with Crippen LogP contribution in [-0.2, 0) is 4.79 Å². The Kier molecular flexibility index (Phi) is 4.05. The van der Waals surface area contributed by atoms with E-state index in [4.69, 9.17) is 5.11 Å². The number of hydrogen-bond acceptors (Lipinski definition) is 2. The number of anilines is 1. The topological polar surface area (TPSA) is 69.6 Å². The van der Waals surface area contributed by atoms with Gasteiger partial charge in [0.1, 0.15) is 6.04 Å². The summed E-state index contributed by atoms with van der Waals surface area (Å²) in [5.41, 5.74) is 0.677. The van der Waals surface area contributed by atoms with Gasteiger partial charge in [0.2, 0.25) is 0 Å². The first kappa shape index (κ1) is 13.1. The third-order valence-corrected chi connectivity index (χ3v) is 3.61. The second kappa shape index (κ2) is 5.55. The number of carbonyl (C=O) groups excluding carboxylic acids is 1. The summed E-state index contributed by atoms with van der Waals surface area (Å²) >= 11 is 2.18. The van der Waals surface area contributed by atoms with Crippen molar-refractivity contribution in [3.05, 3.63) is 27.8 Å². The number of carboxylic acids is 1. The highest BCUT2D eigenvalue weighted by Gasteiger charge is 2.33. The van der Waals surface area contributed by atoms with Crippen molar-refractivity contribution in [3.63, 3.8) is 0 Å². The minimum Gasteiger partial charge on any atom is -0.480 e. The Hall–Kier alpha value is -1.31. The SMILES string of the molecule is O=C(O)C1CCCN1C(=O)Nc1ccc(I)cc1. The number of aliphatic carboxylic acids is 1. The molecule has 0 aliphatic carbocycles. The molecule has 1 unspecified atom stereocenters. The summed E-state index contributed by atoms with van der Waals surface area (Å²) in [6.07, 6.45) is 1.26.